The Morgan fingerprint density at radius 3 is 2.94 bits per heavy atom. The molecular weight excluding hydrogens is 226 g/mol. The highest BCUT2D eigenvalue weighted by molar-refractivity contribution is 5.43. The number of imidazole rings is 1. The zero-order chi connectivity index (χ0) is 12.6. The first-order valence-electron chi connectivity index (χ1n) is 6.29. The summed E-state index contributed by atoms with van der Waals surface area (Å²) in [6.45, 7) is 1.77. The Labute approximate surface area is 107 Å². The van der Waals surface area contributed by atoms with Crippen molar-refractivity contribution >= 4 is 5.69 Å². The van der Waals surface area contributed by atoms with Gasteiger partial charge < -0.3 is 15.0 Å². The molecule has 0 aliphatic rings. The summed E-state index contributed by atoms with van der Waals surface area (Å²) in [5, 5.41) is 0. The molecule has 0 atom stereocenters. The fraction of sp³-hybridized carbons (Fsp3) is 0.357. The average Bonchev–Trinajstić information content (AvgIpc) is 2.87. The minimum absolute atomic E-state index is 0.743. The Morgan fingerprint density at radius 2 is 2.17 bits per heavy atom. The molecule has 0 aliphatic carbocycles. The molecule has 4 nitrogen and oxygen atoms in total. The number of nitrogens with two attached hydrogens (primary N) is 1. The van der Waals surface area contributed by atoms with Crippen LogP contribution in [0.25, 0.3) is 0 Å². The van der Waals surface area contributed by atoms with Crippen LogP contribution in [-0.2, 0) is 6.54 Å². The van der Waals surface area contributed by atoms with Crippen LogP contribution in [0.3, 0.4) is 0 Å². The summed E-state index contributed by atoms with van der Waals surface area (Å²) in [4.78, 5) is 4.01. The molecule has 2 N–H and O–H groups in total. The Hall–Kier alpha value is -1.97. The quantitative estimate of drug-likeness (QED) is 0.602. The summed E-state index contributed by atoms with van der Waals surface area (Å²) >= 11 is 0. The molecule has 0 unspecified atom stereocenters. The third-order valence-electron chi connectivity index (χ3n) is 2.75. The first kappa shape index (κ1) is 12.5. The van der Waals surface area contributed by atoms with Gasteiger partial charge >= 0.3 is 0 Å². The van der Waals surface area contributed by atoms with Gasteiger partial charge in [-0.05, 0) is 31.4 Å². The number of hydrogen-bond donors (Lipinski definition) is 1. The summed E-state index contributed by atoms with van der Waals surface area (Å²) in [6.07, 6.45) is 9.01. The van der Waals surface area contributed by atoms with Gasteiger partial charge in [-0.25, -0.2) is 4.98 Å². The normalized spacial score (nSPS) is 10.4. The molecule has 18 heavy (non-hydrogen) atoms. The van der Waals surface area contributed by atoms with E-state index in [0.717, 1.165) is 43.9 Å². The number of unbranched alkanes of at least 4 members (excludes halogenated alkanes) is 2. The van der Waals surface area contributed by atoms with Crippen molar-refractivity contribution in [3.05, 3.63) is 43.0 Å². The van der Waals surface area contributed by atoms with Crippen molar-refractivity contribution in [2.75, 3.05) is 12.3 Å². The predicted molar refractivity (Wildman–Crippen MR) is 72.4 cm³/mol. The van der Waals surface area contributed by atoms with E-state index in [1.54, 1.807) is 0 Å². The number of rotatable bonds is 7. The van der Waals surface area contributed by atoms with Crippen molar-refractivity contribution in [2.45, 2.75) is 25.8 Å². The monoisotopic (exact) mass is 245 g/mol. The van der Waals surface area contributed by atoms with Gasteiger partial charge in [0.1, 0.15) is 5.75 Å². The maximum absolute atomic E-state index is 5.68. The molecule has 0 fully saturated rings. The lowest BCUT2D eigenvalue weighted by Crippen LogP contribution is -2.00. The lowest BCUT2D eigenvalue weighted by atomic mass is 10.2. The molecule has 0 aliphatic heterocycles. The molecule has 0 bridgehead atoms. The zero-order valence-corrected chi connectivity index (χ0v) is 10.5. The van der Waals surface area contributed by atoms with E-state index in [-0.39, 0.29) is 0 Å². The van der Waals surface area contributed by atoms with Gasteiger partial charge in [0.05, 0.1) is 12.9 Å². The van der Waals surface area contributed by atoms with Crippen LogP contribution >= 0.6 is 0 Å². The maximum Gasteiger partial charge on any atom is 0.121 e. The van der Waals surface area contributed by atoms with E-state index >= 15 is 0 Å². The largest absolute Gasteiger partial charge is 0.494 e. The highest BCUT2D eigenvalue weighted by Crippen LogP contribution is 2.14. The van der Waals surface area contributed by atoms with Crippen molar-refractivity contribution in [1.82, 2.24) is 9.55 Å². The fourth-order valence-electron chi connectivity index (χ4n) is 1.79. The van der Waals surface area contributed by atoms with Crippen LogP contribution in [-0.4, -0.2) is 16.2 Å². The second-order valence-corrected chi connectivity index (χ2v) is 4.28. The lowest BCUT2D eigenvalue weighted by Gasteiger charge is -2.06. The minimum atomic E-state index is 0.743. The van der Waals surface area contributed by atoms with Gasteiger partial charge in [-0.3, -0.25) is 0 Å². The van der Waals surface area contributed by atoms with Gasteiger partial charge in [0.15, 0.2) is 0 Å². The lowest BCUT2D eigenvalue weighted by molar-refractivity contribution is 0.304. The second kappa shape index (κ2) is 6.69. The molecule has 96 valence electrons. The Morgan fingerprint density at radius 1 is 1.22 bits per heavy atom. The second-order valence-electron chi connectivity index (χ2n) is 4.28. The third-order valence-corrected chi connectivity index (χ3v) is 2.75. The van der Waals surface area contributed by atoms with E-state index in [1.165, 1.54) is 0 Å². The molecule has 1 aromatic carbocycles. The highest BCUT2D eigenvalue weighted by Gasteiger charge is 1.95. The fourth-order valence-corrected chi connectivity index (χ4v) is 1.79. The molecule has 2 rings (SSSR count). The number of anilines is 1. The standard InChI is InChI=1S/C14H19N3O/c15-13-5-4-6-14(11-13)18-10-3-1-2-8-17-9-7-16-12-17/h4-7,9,11-12H,1-3,8,10,15H2. The van der Waals surface area contributed by atoms with Gasteiger partial charge in [-0.15, -0.1) is 0 Å². The van der Waals surface area contributed by atoms with Crippen LogP contribution in [0.15, 0.2) is 43.0 Å². The van der Waals surface area contributed by atoms with E-state index < -0.39 is 0 Å². The summed E-state index contributed by atoms with van der Waals surface area (Å²) in [5.74, 6) is 0.851. The van der Waals surface area contributed by atoms with Crippen molar-refractivity contribution in [3.63, 3.8) is 0 Å². The van der Waals surface area contributed by atoms with Crippen molar-refractivity contribution in [2.24, 2.45) is 0 Å². The Kier molecular flexibility index (Phi) is 4.64. The Balaban J connectivity index is 1.56. The van der Waals surface area contributed by atoms with E-state index in [4.69, 9.17) is 10.5 Å². The van der Waals surface area contributed by atoms with Crippen molar-refractivity contribution in [1.29, 1.82) is 0 Å². The van der Waals surface area contributed by atoms with E-state index in [9.17, 15) is 0 Å². The zero-order valence-electron chi connectivity index (χ0n) is 10.5. The van der Waals surface area contributed by atoms with E-state index in [2.05, 4.69) is 9.55 Å². The summed E-state index contributed by atoms with van der Waals surface area (Å²) in [6, 6.07) is 7.55. The summed E-state index contributed by atoms with van der Waals surface area (Å²) in [5.41, 5.74) is 6.42. The first-order valence-corrected chi connectivity index (χ1v) is 6.29. The molecular formula is C14H19N3O. The highest BCUT2D eigenvalue weighted by atomic mass is 16.5. The molecule has 4 heteroatoms. The first-order chi connectivity index (χ1) is 8.84. The molecule has 0 amide bonds. The van der Waals surface area contributed by atoms with E-state index in [1.807, 2.05) is 43.0 Å². The van der Waals surface area contributed by atoms with Crippen molar-refractivity contribution < 1.29 is 4.74 Å². The topological polar surface area (TPSA) is 53.1 Å². The van der Waals surface area contributed by atoms with Crippen LogP contribution in [0.2, 0.25) is 0 Å². The molecule has 0 spiro atoms. The van der Waals surface area contributed by atoms with Gasteiger partial charge in [0.2, 0.25) is 0 Å². The number of aromatic nitrogens is 2. The third kappa shape index (κ3) is 4.13. The van der Waals surface area contributed by atoms with Crippen LogP contribution in [0.1, 0.15) is 19.3 Å². The molecule has 0 saturated heterocycles. The average molecular weight is 245 g/mol. The number of ether oxygens (including phenoxy) is 1. The Bertz CT molecular complexity index is 454. The van der Waals surface area contributed by atoms with Gasteiger partial charge in [-0.2, -0.15) is 0 Å². The maximum atomic E-state index is 5.68. The van der Waals surface area contributed by atoms with Gasteiger partial charge in [-0.1, -0.05) is 6.07 Å². The molecule has 0 saturated carbocycles. The van der Waals surface area contributed by atoms with Crippen molar-refractivity contribution in [3.8, 4) is 5.75 Å². The number of nitrogens with zero attached hydrogens (tertiary/aromatic N) is 2. The molecule has 2 aromatic rings. The van der Waals surface area contributed by atoms with Crippen LogP contribution in [0.5, 0.6) is 5.75 Å². The van der Waals surface area contributed by atoms with Crippen LogP contribution in [0, 0.1) is 0 Å². The molecule has 1 heterocycles. The smallest absolute Gasteiger partial charge is 0.121 e. The minimum Gasteiger partial charge on any atom is -0.494 e. The number of hydrogen-bond acceptors (Lipinski definition) is 3. The number of aryl methyl sites for hydroxylation is 1. The summed E-state index contributed by atoms with van der Waals surface area (Å²) in [7, 11) is 0. The van der Waals surface area contributed by atoms with E-state index in [0.29, 0.717) is 0 Å². The SMILES string of the molecule is Nc1cccc(OCCCCCn2ccnc2)c1. The van der Waals surface area contributed by atoms with Gasteiger partial charge in [0, 0.05) is 30.7 Å². The predicted octanol–water partition coefficient (Wildman–Crippen LogP) is 2.71. The molecule has 0 radical (unpaired) electrons. The van der Waals surface area contributed by atoms with Crippen LogP contribution < -0.4 is 10.5 Å². The van der Waals surface area contributed by atoms with Gasteiger partial charge in [0.25, 0.3) is 0 Å². The van der Waals surface area contributed by atoms with Crippen LogP contribution in [0.4, 0.5) is 5.69 Å². The molecule has 1 aromatic heterocycles. The number of nitrogen functional groups attached to an aromatic ring is 1. The summed E-state index contributed by atoms with van der Waals surface area (Å²) < 4.78 is 7.72. The number of benzene rings is 1.